The maximum atomic E-state index is 14.2. The smallest absolute Gasteiger partial charge is 0.366 e. The Balaban J connectivity index is 1.36. The van der Waals surface area contributed by atoms with Gasteiger partial charge in [-0.25, -0.2) is 13.2 Å². The lowest BCUT2D eigenvalue weighted by Gasteiger charge is -2.22. The molecular weight excluding hydrogens is 576 g/mol. The molecule has 0 spiro atoms. The van der Waals surface area contributed by atoms with Crippen LogP contribution < -0.4 is 11.1 Å². The van der Waals surface area contributed by atoms with Crippen molar-refractivity contribution in [2.24, 2.45) is 11.7 Å². The molecule has 2 aromatic carbocycles. The Labute approximate surface area is 240 Å². The van der Waals surface area contributed by atoms with Gasteiger partial charge in [-0.05, 0) is 66.6 Å². The van der Waals surface area contributed by atoms with Crippen molar-refractivity contribution < 1.29 is 35.9 Å². The molecule has 0 bridgehead atoms. The summed E-state index contributed by atoms with van der Waals surface area (Å²) in [6.07, 6.45) is -2.44. The Bertz CT molecular complexity index is 1750. The highest BCUT2D eigenvalue weighted by Crippen LogP contribution is 2.58. The van der Waals surface area contributed by atoms with Crippen molar-refractivity contribution >= 4 is 11.8 Å². The lowest BCUT2D eigenvalue weighted by Crippen LogP contribution is -2.34. The topological polar surface area (TPSA) is 103 Å². The summed E-state index contributed by atoms with van der Waals surface area (Å²) in [6.45, 7) is -0.528. The minimum atomic E-state index is -4.67. The molecule has 222 valence electrons. The van der Waals surface area contributed by atoms with E-state index in [0.717, 1.165) is 29.3 Å². The van der Waals surface area contributed by atoms with Gasteiger partial charge in [-0.2, -0.15) is 18.3 Å². The summed E-state index contributed by atoms with van der Waals surface area (Å²) in [4.78, 5) is 29.6. The average molecular weight is 600 g/mol. The molecule has 0 radical (unpaired) electrons. The molecule has 3 atom stereocenters. The second-order valence-corrected chi connectivity index (χ2v) is 10.8. The van der Waals surface area contributed by atoms with Gasteiger partial charge in [0.15, 0.2) is 5.69 Å². The number of hydrogen-bond acceptors (Lipinski definition) is 4. The first-order chi connectivity index (χ1) is 20.4. The Morgan fingerprint density at radius 1 is 1.07 bits per heavy atom. The van der Waals surface area contributed by atoms with E-state index in [4.69, 9.17) is 5.73 Å². The molecule has 13 heteroatoms. The number of nitrogens with zero attached hydrogens (tertiary/aromatic N) is 3. The van der Waals surface area contributed by atoms with Crippen molar-refractivity contribution in [3.63, 3.8) is 0 Å². The second-order valence-electron chi connectivity index (χ2n) is 10.8. The minimum Gasteiger partial charge on any atom is -0.366 e. The SMILES string of the molecule is NC(=O)c1cc(-c2cccnc2[C@H](Cc2cc(F)cc(F)c2)NC(=O)Cn2nc(C(F)(F)F)c3c2[C@@H]2C[C@@H]2C3)ccc1F. The molecule has 3 N–H and O–H groups in total. The van der Waals surface area contributed by atoms with E-state index in [2.05, 4.69) is 15.4 Å². The van der Waals surface area contributed by atoms with Gasteiger partial charge < -0.3 is 11.1 Å². The number of carbonyl (C=O) groups is 2. The van der Waals surface area contributed by atoms with Crippen LogP contribution in [0.15, 0.2) is 54.7 Å². The lowest BCUT2D eigenvalue weighted by molar-refractivity contribution is -0.142. The quantitative estimate of drug-likeness (QED) is 0.271. The summed E-state index contributed by atoms with van der Waals surface area (Å²) < 4.78 is 84.5. The standard InChI is InChI=1S/C30H23F6N5O2/c31-17-6-14(7-18(32)12-17)8-24(26-19(2-1-5-38-26)15-3-4-23(33)21(9-15)29(37)43)39-25(42)13-41-27-20-10-16(20)11-22(27)28(40-41)30(34,35)36/h1-7,9,12,16,20,24H,8,10-11,13H2,(H2,37,43)(H,39,42)/t16-,20-,24+/m1/s1. The molecule has 2 amide bonds. The van der Waals surface area contributed by atoms with E-state index < -0.39 is 53.7 Å². The van der Waals surface area contributed by atoms with Gasteiger partial charge in [0.1, 0.15) is 24.0 Å². The molecule has 2 aliphatic rings. The zero-order valence-electron chi connectivity index (χ0n) is 22.3. The fourth-order valence-corrected chi connectivity index (χ4v) is 5.92. The van der Waals surface area contributed by atoms with Gasteiger partial charge in [0, 0.05) is 35.0 Å². The first-order valence-corrected chi connectivity index (χ1v) is 13.3. The van der Waals surface area contributed by atoms with Crippen molar-refractivity contribution in [2.75, 3.05) is 0 Å². The van der Waals surface area contributed by atoms with Gasteiger partial charge >= 0.3 is 6.18 Å². The van der Waals surface area contributed by atoms with Gasteiger partial charge in [-0.15, -0.1) is 0 Å². The maximum absolute atomic E-state index is 14.2. The number of nitrogens with two attached hydrogens (primary N) is 1. The predicted octanol–water partition coefficient (Wildman–Crippen LogP) is 5.24. The highest BCUT2D eigenvalue weighted by molar-refractivity contribution is 5.94. The molecule has 2 aromatic heterocycles. The fraction of sp³-hybridized carbons (Fsp3) is 0.267. The van der Waals surface area contributed by atoms with E-state index in [1.54, 1.807) is 12.1 Å². The van der Waals surface area contributed by atoms with Gasteiger partial charge in [-0.3, -0.25) is 19.3 Å². The summed E-state index contributed by atoms with van der Waals surface area (Å²) in [7, 11) is 0. The molecule has 4 aromatic rings. The maximum Gasteiger partial charge on any atom is 0.435 e. The fourth-order valence-electron chi connectivity index (χ4n) is 5.92. The number of pyridine rings is 1. The number of carbonyl (C=O) groups excluding carboxylic acids is 2. The summed E-state index contributed by atoms with van der Waals surface area (Å²) in [5.74, 6) is -4.24. The highest BCUT2D eigenvalue weighted by atomic mass is 19.4. The molecule has 43 heavy (non-hydrogen) atoms. The van der Waals surface area contributed by atoms with Crippen molar-refractivity contribution in [3.8, 4) is 11.1 Å². The number of fused-ring (bicyclic) bond motifs is 3. The predicted molar refractivity (Wildman–Crippen MR) is 141 cm³/mol. The third-order valence-corrected chi connectivity index (χ3v) is 7.80. The van der Waals surface area contributed by atoms with E-state index in [-0.39, 0.29) is 47.1 Å². The van der Waals surface area contributed by atoms with E-state index in [9.17, 15) is 35.9 Å². The van der Waals surface area contributed by atoms with Crippen molar-refractivity contribution in [1.82, 2.24) is 20.1 Å². The summed E-state index contributed by atoms with van der Waals surface area (Å²) in [6, 6.07) is 8.59. The van der Waals surface area contributed by atoms with Crippen molar-refractivity contribution in [2.45, 2.75) is 43.9 Å². The molecule has 1 saturated carbocycles. The third-order valence-electron chi connectivity index (χ3n) is 7.80. The van der Waals surface area contributed by atoms with Crippen molar-refractivity contribution in [3.05, 3.63) is 106 Å². The van der Waals surface area contributed by atoms with Crippen LogP contribution in [0.5, 0.6) is 0 Å². The molecule has 2 aliphatic carbocycles. The first kappa shape index (κ1) is 28.4. The number of alkyl halides is 3. The third kappa shape index (κ3) is 5.58. The first-order valence-electron chi connectivity index (χ1n) is 13.3. The van der Waals surface area contributed by atoms with E-state index in [1.165, 1.54) is 18.3 Å². The van der Waals surface area contributed by atoms with Gasteiger partial charge in [0.2, 0.25) is 5.91 Å². The van der Waals surface area contributed by atoms with Crippen LogP contribution in [0, 0.1) is 23.4 Å². The Kier molecular flexibility index (Phi) is 6.98. The lowest BCUT2D eigenvalue weighted by atomic mass is 9.94. The summed E-state index contributed by atoms with van der Waals surface area (Å²) >= 11 is 0. The Hall–Kier alpha value is -4.68. The number of aromatic nitrogens is 3. The zero-order chi connectivity index (χ0) is 30.6. The second kappa shape index (κ2) is 10.5. The number of nitrogens with one attached hydrogen (secondary N) is 1. The number of benzene rings is 2. The van der Waals surface area contributed by atoms with Crippen LogP contribution in [0.4, 0.5) is 26.3 Å². The molecule has 0 aliphatic heterocycles. The van der Waals surface area contributed by atoms with E-state index >= 15 is 0 Å². The van der Waals surface area contributed by atoms with Crippen LogP contribution in [-0.4, -0.2) is 26.6 Å². The molecule has 0 saturated heterocycles. The number of amides is 2. The van der Waals surface area contributed by atoms with Gasteiger partial charge in [-0.1, -0.05) is 12.1 Å². The molecule has 1 fully saturated rings. The molecular formula is C30H23F6N5O2. The number of halogens is 6. The largest absolute Gasteiger partial charge is 0.435 e. The van der Waals surface area contributed by atoms with Crippen molar-refractivity contribution in [1.29, 1.82) is 0 Å². The van der Waals surface area contributed by atoms with Crippen LogP contribution in [0.1, 0.15) is 56.9 Å². The summed E-state index contributed by atoms with van der Waals surface area (Å²) in [5.41, 5.74) is 5.48. The zero-order valence-corrected chi connectivity index (χ0v) is 22.3. The molecule has 6 rings (SSSR count). The van der Waals surface area contributed by atoms with Crippen LogP contribution in [0.2, 0.25) is 0 Å². The van der Waals surface area contributed by atoms with Crippen LogP contribution in [0.25, 0.3) is 11.1 Å². The highest BCUT2D eigenvalue weighted by Gasteiger charge is 2.53. The van der Waals surface area contributed by atoms with Gasteiger partial charge in [0.25, 0.3) is 5.91 Å². The Morgan fingerprint density at radius 3 is 2.51 bits per heavy atom. The Morgan fingerprint density at radius 2 is 1.81 bits per heavy atom. The van der Waals surface area contributed by atoms with Gasteiger partial charge in [0.05, 0.1) is 17.3 Å². The van der Waals surface area contributed by atoms with E-state index in [1.807, 2.05) is 0 Å². The van der Waals surface area contributed by atoms with Crippen LogP contribution in [0.3, 0.4) is 0 Å². The van der Waals surface area contributed by atoms with Crippen LogP contribution in [-0.2, 0) is 30.4 Å². The molecule has 0 unspecified atom stereocenters. The number of primary amides is 1. The normalized spacial score (nSPS) is 17.7. The number of hydrogen-bond donors (Lipinski definition) is 2. The monoisotopic (exact) mass is 599 g/mol. The van der Waals surface area contributed by atoms with Crippen LogP contribution >= 0.6 is 0 Å². The molecule has 2 heterocycles. The summed E-state index contributed by atoms with van der Waals surface area (Å²) in [5, 5.41) is 6.49. The average Bonchev–Trinajstić information content (AvgIpc) is 3.43. The molecule has 7 nitrogen and oxygen atoms in total. The minimum absolute atomic E-state index is 0.0854. The van der Waals surface area contributed by atoms with E-state index in [0.29, 0.717) is 22.9 Å². The number of rotatable bonds is 8.